The largest absolute Gasteiger partial charge is 0.468 e. The van der Waals surface area contributed by atoms with Crippen LogP contribution in [0.4, 0.5) is 0 Å². The van der Waals surface area contributed by atoms with E-state index in [1.54, 1.807) is 0 Å². The van der Waals surface area contributed by atoms with Crippen molar-refractivity contribution in [2.45, 2.75) is 106 Å². The second-order valence-electron chi connectivity index (χ2n) is 14.7. The molecule has 3 fully saturated rings. The van der Waals surface area contributed by atoms with Gasteiger partial charge in [-0.25, -0.2) is 0 Å². The third-order valence-corrected chi connectivity index (χ3v) is 12.5. The molecule has 5 rings (SSSR count). The van der Waals surface area contributed by atoms with Gasteiger partial charge in [0.25, 0.3) is 0 Å². The fraction of sp³-hybridized carbons (Fsp3) is 0.806. The Balaban J connectivity index is 1.69. The van der Waals surface area contributed by atoms with Crippen LogP contribution in [0.25, 0.3) is 0 Å². The lowest BCUT2D eigenvalue weighted by molar-refractivity contribution is -0.184. The molecule has 1 N–H and O–H groups in total. The van der Waals surface area contributed by atoms with E-state index in [4.69, 9.17) is 4.74 Å². The molecule has 194 valence electrons. The first-order valence-electron chi connectivity index (χ1n) is 13.8. The molecule has 3 saturated carbocycles. The predicted octanol–water partition coefficient (Wildman–Crippen LogP) is 6.42. The van der Waals surface area contributed by atoms with Gasteiger partial charge in [-0.05, 0) is 89.6 Å². The number of hydrogen-bond donors (Lipinski definition) is 1. The van der Waals surface area contributed by atoms with Gasteiger partial charge in [0.2, 0.25) is 0 Å². The maximum Gasteiger partial charge on any atom is 0.316 e. The lowest BCUT2D eigenvalue weighted by Crippen LogP contribution is -2.63. The number of aliphatic hydroxyl groups is 1. The highest BCUT2D eigenvalue weighted by Crippen LogP contribution is 2.74. The molecule has 4 nitrogen and oxygen atoms in total. The first-order chi connectivity index (χ1) is 16.1. The summed E-state index contributed by atoms with van der Waals surface area (Å²) in [6.45, 7) is 16.1. The van der Waals surface area contributed by atoms with Crippen LogP contribution in [0, 0.1) is 44.3 Å². The second kappa shape index (κ2) is 7.33. The third kappa shape index (κ3) is 2.95. The van der Waals surface area contributed by atoms with Crippen LogP contribution >= 0.6 is 0 Å². The van der Waals surface area contributed by atoms with Crippen molar-refractivity contribution in [1.29, 1.82) is 0 Å². The van der Waals surface area contributed by atoms with Crippen LogP contribution in [-0.4, -0.2) is 30.1 Å². The summed E-state index contributed by atoms with van der Waals surface area (Å²) in [6.07, 6.45) is 11.3. The number of hydrogen-bond acceptors (Lipinski definition) is 4. The molecule has 0 spiro atoms. The van der Waals surface area contributed by atoms with E-state index in [0.717, 1.165) is 32.1 Å². The van der Waals surface area contributed by atoms with Crippen molar-refractivity contribution >= 4 is 11.8 Å². The summed E-state index contributed by atoms with van der Waals surface area (Å²) in [4.78, 5) is 26.5. The molecule has 0 aromatic heterocycles. The fourth-order valence-corrected chi connectivity index (χ4v) is 9.94. The molecule has 0 aromatic rings. The number of rotatable bonds is 1. The van der Waals surface area contributed by atoms with Gasteiger partial charge < -0.3 is 9.84 Å². The van der Waals surface area contributed by atoms with E-state index in [1.807, 2.05) is 13.8 Å². The first-order valence-corrected chi connectivity index (χ1v) is 13.8. The molecule has 0 amide bonds. The molecule has 35 heavy (non-hydrogen) atoms. The minimum absolute atomic E-state index is 0.0517. The summed E-state index contributed by atoms with van der Waals surface area (Å²) in [5.41, 5.74) is 1.30. The molecule has 0 heterocycles. The van der Waals surface area contributed by atoms with E-state index >= 15 is 0 Å². The Morgan fingerprint density at radius 1 is 0.971 bits per heavy atom. The van der Waals surface area contributed by atoms with E-state index in [2.05, 4.69) is 46.8 Å². The van der Waals surface area contributed by atoms with Crippen LogP contribution in [-0.2, 0) is 14.3 Å². The van der Waals surface area contributed by atoms with Gasteiger partial charge in [0.05, 0.1) is 18.6 Å². The molecule has 0 saturated heterocycles. The van der Waals surface area contributed by atoms with Crippen molar-refractivity contribution in [3.05, 3.63) is 23.3 Å². The highest BCUT2D eigenvalue weighted by Gasteiger charge is 2.67. The minimum Gasteiger partial charge on any atom is -0.468 e. The maximum atomic E-state index is 13.3. The molecule has 7 unspecified atom stereocenters. The van der Waals surface area contributed by atoms with Crippen LogP contribution in [0.1, 0.15) is 99.8 Å². The normalized spacial score (nSPS) is 47.8. The summed E-state index contributed by atoms with van der Waals surface area (Å²) in [6, 6.07) is 0. The number of carbonyl (C=O) groups is 2. The number of esters is 1. The molecule has 0 radical (unpaired) electrons. The van der Waals surface area contributed by atoms with Gasteiger partial charge in [-0.15, -0.1) is 0 Å². The molecule has 0 aliphatic heterocycles. The van der Waals surface area contributed by atoms with Crippen LogP contribution in [0.2, 0.25) is 0 Å². The number of carbonyl (C=O) groups excluding carboxylic acids is 2. The molecular weight excluding hydrogens is 436 g/mol. The van der Waals surface area contributed by atoms with Crippen molar-refractivity contribution < 1.29 is 19.4 Å². The minimum atomic E-state index is -0.804. The molecule has 5 aliphatic rings. The fourth-order valence-electron chi connectivity index (χ4n) is 9.94. The molecule has 4 heteroatoms. The Bertz CT molecular complexity index is 1030. The van der Waals surface area contributed by atoms with Crippen molar-refractivity contribution in [2.75, 3.05) is 7.11 Å². The van der Waals surface area contributed by atoms with Crippen LogP contribution in [0.15, 0.2) is 23.3 Å². The predicted molar refractivity (Wildman–Crippen MR) is 137 cm³/mol. The van der Waals surface area contributed by atoms with E-state index in [0.29, 0.717) is 24.7 Å². The number of allylic oxidation sites excluding steroid dienone is 3. The van der Waals surface area contributed by atoms with Gasteiger partial charge in [0, 0.05) is 11.8 Å². The highest BCUT2D eigenvalue weighted by molar-refractivity contribution is 5.95. The number of aliphatic hydroxyl groups excluding tert-OH is 1. The zero-order valence-electron chi connectivity index (χ0n) is 23.2. The molecule has 5 aliphatic carbocycles. The Morgan fingerprint density at radius 2 is 1.66 bits per heavy atom. The number of Topliss-reactive ketones (excluding diaryl/α,β-unsaturated/α-hetero) is 1. The highest BCUT2D eigenvalue weighted by atomic mass is 16.5. The maximum absolute atomic E-state index is 13.3. The van der Waals surface area contributed by atoms with Gasteiger partial charge in [-0.2, -0.15) is 0 Å². The SMILES string of the molecule is COC(=O)C12CCC3(C)C(=C1CC(C)(C)C(=O)C2)C=CC1C2(C)CCC(O)C(C)(C)C2CCC13C. The molecule has 0 bridgehead atoms. The van der Waals surface area contributed by atoms with Crippen LogP contribution < -0.4 is 0 Å². The van der Waals surface area contributed by atoms with Crippen molar-refractivity contribution in [3.8, 4) is 0 Å². The second-order valence-corrected chi connectivity index (χ2v) is 14.7. The Hall–Kier alpha value is -1.42. The number of ketones is 1. The van der Waals surface area contributed by atoms with Gasteiger partial charge >= 0.3 is 5.97 Å². The van der Waals surface area contributed by atoms with Crippen molar-refractivity contribution in [1.82, 2.24) is 0 Å². The van der Waals surface area contributed by atoms with E-state index in [1.165, 1.54) is 18.3 Å². The van der Waals surface area contributed by atoms with E-state index < -0.39 is 10.8 Å². The van der Waals surface area contributed by atoms with Crippen LogP contribution in [0.3, 0.4) is 0 Å². The zero-order chi connectivity index (χ0) is 25.8. The summed E-state index contributed by atoms with van der Waals surface area (Å²) < 4.78 is 5.36. The summed E-state index contributed by atoms with van der Waals surface area (Å²) in [5, 5.41) is 10.9. The Kier molecular flexibility index (Phi) is 5.29. The first kappa shape index (κ1) is 25.2. The summed E-state index contributed by atoms with van der Waals surface area (Å²) in [7, 11) is 1.47. The molecule has 0 aromatic carbocycles. The molecular formula is C31H46O4. The van der Waals surface area contributed by atoms with Gasteiger partial charge in [-0.3, -0.25) is 9.59 Å². The van der Waals surface area contributed by atoms with Crippen molar-refractivity contribution in [2.24, 2.45) is 44.3 Å². The lowest BCUT2D eigenvalue weighted by Gasteiger charge is -2.69. The summed E-state index contributed by atoms with van der Waals surface area (Å²) in [5.74, 6) is 0.864. The standard InChI is InChI=1S/C31H46O4/c1-26(2)17-20-19-9-10-22-28(5)13-12-23(32)27(3,4)21(28)11-14-30(22,7)29(19,6)15-16-31(20,18-24(26)33)25(34)35-8/h9-10,21-23,32H,11-18H2,1-8H3. The van der Waals surface area contributed by atoms with E-state index in [9.17, 15) is 14.7 Å². The topological polar surface area (TPSA) is 63.6 Å². The summed E-state index contributed by atoms with van der Waals surface area (Å²) >= 11 is 0. The third-order valence-electron chi connectivity index (χ3n) is 12.5. The van der Waals surface area contributed by atoms with E-state index in [-0.39, 0.29) is 45.9 Å². The molecule has 7 atom stereocenters. The quantitative estimate of drug-likeness (QED) is 0.438. The van der Waals surface area contributed by atoms with Crippen LogP contribution in [0.5, 0.6) is 0 Å². The zero-order valence-corrected chi connectivity index (χ0v) is 23.2. The van der Waals surface area contributed by atoms with Gasteiger partial charge in [-0.1, -0.05) is 60.6 Å². The monoisotopic (exact) mass is 482 g/mol. The number of methoxy groups -OCH3 is 1. The average Bonchev–Trinajstić information content (AvgIpc) is 2.77. The number of fused-ring (bicyclic) bond motifs is 6. The number of ether oxygens (including phenoxy) is 1. The Morgan fingerprint density at radius 3 is 2.31 bits per heavy atom. The average molecular weight is 483 g/mol. The Labute approximate surface area is 212 Å². The lowest BCUT2D eigenvalue weighted by atomic mass is 9.35. The van der Waals surface area contributed by atoms with Crippen molar-refractivity contribution in [3.63, 3.8) is 0 Å². The smallest absolute Gasteiger partial charge is 0.316 e. The van der Waals surface area contributed by atoms with Gasteiger partial charge in [0.15, 0.2) is 0 Å². The van der Waals surface area contributed by atoms with Gasteiger partial charge in [0.1, 0.15) is 5.78 Å².